The highest BCUT2D eigenvalue weighted by atomic mass is 16.1. The summed E-state index contributed by atoms with van der Waals surface area (Å²) in [5, 5.41) is 7.14. The Balaban J connectivity index is 2.46. The van der Waals surface area contributed by atoms with Gasteiger partial charge in [0.15, 0.2) is 0 Å². The molecule has 1 aromatic rings. The molecule has 1 unspecified atom stereocenters. The van der Waals surface area contributed by atoms with Gasteiger partial charge < -0.3 is 11.1 Å². The molecule has 0 saturated carbocycles. The molecule has 17 heavy (non-hydrogen) atoms. The Morgan fingerprint density at radius 1 is 1.65 bits per heavy atom. The normalized spacial score (nSPS) is 12.5. The molecule has 0 bridgehead atoms. The first-order chi connectivity index (χ1) is 8.04. The van der Waals surface area contributed by atoms with Crippen LogP contribution in [0.2, 0.25) is 0 Å². The van der Waals surface area contributed by atoms with Crippen LogP contribution in [0.15, 0.2) is 6.20 Å². The number of aromatic nitrogens is 2. The Labute approximate surface area is 102 Å². The molecule has 1 rings (SSSR count). The van der Waals surface area contributed by atoms with Crippen molar-refractivity contribution in [2.75, 3.05) is 6.54 Å². The van der Waals surface area contributed by atoms with E-state index in [-0.39, 0.29) is 11.9 Å². The molecule has 0 aliphatic rings. The first-order valence-corrected chi connectivity index (χ1v) is 6.10. The number of nitrogens with one attached hydrogen (secondary N) is 1. The summed E-state index contributed by atoms with van der Waals surface area (Å²) in [7, 11) is 1.83. The lowest BCUT2D eigenvalue weighted by Gasteiger charge is -2.06. The third-order valence-corrected chi connectivity index (χ3v) is 2.61. The van der Waals surface area contributed by atoms with Gasteiger partial charge >= 0.3 is 0 Å². The zero-order valence-corrected chi connectivity index (χ0v) is 10.9. The van der Waals surface area contributed by atoms with Gasteiger partial charge in [0.05, 0.1) is 11.3 Å². The van der Waals surface area contributed by atoms with Crippen LogP contribution in [0.25, 0.3) is 0 Å². The predicted molar refractivity (Wildman–Crippen MR) is 67.8 cm³/mol. The molecule has 3 N–H and O–H groups in total. The van der Waals surface area contributed by atoms with E-state index >= 15 is 0 Å². The van der Waals surface area contributed by atoms with Gasteiger partial charge in [-0.05, 0) is 26.2 Å². The molecule has 1 aromatic heterocycles. The second-order valence-electron chi connectivity index (χ2n) is 4.39. The fraction of sp³-hybridized carbons (Fsp3) is 0.667. The standard InChI is InChI=1S/C12H22N4O/c1-4-11-10(8-16(3)15-11)12(17)14-7-5-6-9(2)13/h8-9H,4-7,13H2,1-3H3,(H,14,17). The maximum absolute atomic E-state index is 11.9. The molecule has 0 radical (unpaired) electrons. The molecule has 1 amide bonds. The Bertz CT molecular complexity index is 371. The minimum Gasteiger partial charge on any atom is -0.352 e. The van der Waals surface area contributed by atoms with Crippen LogP contribution in [0.4, 0.5) is 0 Å². The van der Waals surface area contributed by atoms with Gasteiger partial charge in [-0.3, -0.25) is 9.48 Å². The molecule has 0 aliphatic heterocycles. The molecule has 0 spiro atoms. The number of aryl methyl sites for hydroxylation is 2. The predicted octanol–water partition coefficient (Wildman–Crippen LogP) is 0.840. The van der Waals surface area contributed by atoms with Crippen LogP contribution in [0, 0.1) is 0 Å². The van der Waals surface area contributed by atoms with E-state index in [1.165, 1.54) is 0 Å². The van der Waals surface area contributed by atoms with E-state index in [0.717, 1.165) is 25.0 Å². The highest BCUT2D eigenvalue weighted by molar-refractivity contribution is 5.95. The van der Waals surface area contributed by atoms with Gasteiger partial charge in [-0.2, -0.15) is 5.10 Å². The quantitative estimate of drug-likeness (QED) is 0.721. The third-order valence-electron chi connectivity index (χ3n) is 2.61. The number of nitrogens with two attached hydrogens (primary N) is 1. The summed E-state index contributed by atoms with van der Waals surface area (Å²) >= 11 is 0. The van der Waals surface area contributed by atoms with Crippen LogP contribution in [0.5, 0.6) is 0 Å². The number of carbonyl (C=O) groups is 1. The molecule has 5 heteroatoms. The summed E-state index contributed by atoms with van der Waals surface area (Å²) in [4.78, 5) is 11.9. The third kappa shape index (κ3) is 4.19. The second-order valence-corrected chi connectivity index (χ2v) is 4.39. The van der Waals surface area contributed by atoms with E-state index < -0.39 is 0 Å². The Morgan fingerprint density at radius 3 is 2.94 bits per heavy atom. The van der Waals surface area contributed by atoms with Crippen molar-refractivity contribution in [3.05, 3.63) is 17.5 Å². The first kappa shape index (κ1) is 13.7. The van der Waals surface area contributed by atoms with E-state index in [1.54, 1.807) is 10.9 Å². The summed E-state index contributed by atoms with van der Waals surface area (Å²) in [6, 6.07) is 0.191. The van der Waals surface area contributed by atoms with Crippen molar-refractivity contribution in [3.8, 4) is 0 Å². The molecule has 0 fully saturated rings. The van der Waals surface area contributed by atoms with Crippen LogP contribution in [0.3, 0.4) is 0 Å². The van der Waals surface area contributed by atoms with E-state index in [1.807, 2.05) is 20.9 Å². The Hall–Kier alpha value is -1.36. The van der Waals surface area contributed by atoms with Gasteiger partial charge in [0.1, 0.15) is 0 Å². The monoisotopic (exact) mass is 238 g/mol. The molecule has 0 aliphatic carbocycles. The van der Waals surface area contributed by atoms with Crippen LogP contribution in [0.1, 0.15) is 42.7 Å². The van der Waals surface area contributed by atoms with Gasteiger partial charge in [0.25, 0.3) is 5.91 Å². The molecular formula is C12H22N4O. The second kappa shape index (κ2) is 6.39. The fourth-order valence-corrected chi connectivity index (χ4v) is 1.71. The maximum Gasteiger partial charge on any atom is 0.254 e. The molecule has 1 heterocycles. The average Bonchev–Trinajstić information content (AvgIpc) is 2.65. The molecule has 5 nitrogen and oxygen atoms in total. The molecular weight excluding hydrogens is 216 g/mol. The number of nitrogens with zero attached hydrogens (tertiary/aromatic N) is 2. The summed E-state index contributed by atoms with van der Waals surface area (Å²) in [5.41, 5.74) is 7.16. The van der Waals surface area contributed by atoms with E-state index in [2.05, 4.69) is 10.4 Å². The Morgan fingerprint density at radius 2 is 2.35 bits per heavy atom. The minimum atomic E-state index is -0.0420. The molecule has 0 aromatic carbocycles. The summed E-state index contributed by atoms with van der Waals surface area (Å²) in [5.74, 6) is -0.0420. The SMILES string of the molecule is CCc1nn(C)cc1C(=O)NCCCC(C)N. The number of hydrogen-bond donors (Lipinski definition) is 2. The Kier molecular flexibility index (Phi) is 5.15. The maximum atomic E-state index is 11.9. The van der Waals surface area contributed by atoms with Crippen molar-refractivity contribution in [3.63, 3.8) is 0 Å². The van der Waals surface area contributed by atoms with Crippen molar-refractivity contribution in [2.24, 2.45) is 12.8 Å². The van der Waals surface area contributed by atoms with E-state index in [0.29, 0.717) is 12.1 Å². The first-order valence-electron chi connectivity index (χ1n) is 6.10. The molecule has 96 valence electrons. The van der Waals surface area contributed by atoms with Crippen LogP contribution < -0.4 is 11.1 Å². The number of amides is 1. The lowest BCUT2D eigenvalue weighted by atomic mass is 10.2. The van der Waals surface area contributed by atoms with Gasteiger partial charge in [0, 0.05) is 25.8 Å². The van der Waals surface area contributed by atoms with E-state index in [4.69, 9.17) is 5.73 Å². The number of carbonyl (C=O) groups excluding carboxylic acids is 1. The topological polar surface area (TPSA) is 72.9 Å². The smallest absolute Gasteiger partial charge is 0.254 e. The van der Waals surface area contributed by atoms with Crippen molar-refractivity contribution < 1.29 is 4.79 Å². The summed E-state index contributed by atoms with van der Waals surface area (Å²) in [6.45, 7) is 4.63. The lowest BCUT2D eigenvalue weighted by molar-refractivity contribution is 0.0952. The van der Waals surface area contributed by atoms with Crippen molar-refractivity contribution >= 4 is 5.91 Å². The molecule has 1 atom stereocenters. The number of hydrogen-bond acceptors (Lipinski definition) is 3. The van der Waals surface area contributed by atoms with Crippen LogP contribution in [-0.4, -0.2) is 28.3 Å². The highest BCUT2D eigenvalue weighted by Gasteiger charge is 2.13. The van der Waals surface area contributed by atoms with Crippen molar-refractivity contribution in [2.45, 2.75) is 39.2 Å². The van der Waals surface area contributed by atoms with Crippen molar-refractivity contribution in [1.29, 1.82) is 0 Å². The summed E-state index contributed by atoms with van der Waals surface area (Å²) < 4.78 is 1.68. The zero-order chi connectivity index (χ0) is 12.8. The summed E-state index contributed by atoms with van der Waals surface area (Å²) in [6.07, 6.45) is 4.36. The van der Waals surface area contributed by atoms with Crippen LogP contribution in [-0.2, 0) is 13.5 Å². The number of rotatable bonds is 6. The zero-order valence-electron chi connectivity index (χ0n) is 10.9. The van der Waals surface area contributed by atoms with Crippen molar-refractivity contribution in [1.82, 2.24) is 15.1 Å². The van der Waals surface area contributed by atoms with E-state index in [9.17, 15) is 4.79 Å². The van der Waals surface area contributed by atoms with Gasteiger partial charge in [-0.25, -0.2) is 0 Å². The van der Waals surface area contributed by atoms with Crippen LogP contribution >= 0.6 is 0 Å². The highest BCUT2D eigenvalue weighted by Crippen LogP contribution is 2.06. The van der Waals surface area contributed by atoms with Gasteiger partial charge in [0.2, 0.25) is 0 Å². The largest absolute Gasteiger partial charge is 0.352 e. The van der Waals surface area contributed by atoms with Gasteiger partial charge in [-0.1, -0.05) is 6.92 Å². The van der Waals surface area contributed by atoms with Gasteiger partial charge in [-0.15, -0.1) is 0 Å². The molecule has 0 saturated heterocycles. The average molecular weight is 238 g/mol. The lowest BCUT2D eigenvalue weighted by Crippen LogP contribution is -2.26. The fourth-order valence-electron chi connectivity index (χ4n) is 1.71. The minimum absolute atomic E-state index is 0.0420.